The molecular weight excluding hydrogens is 514 g/mol. The minimum absolute atomic E-state index is 0.148. The summed E-state index contributed by atoms with van der Waals surface area (Å²) in [5.74, 6) is -1.22. The van der Waals surface area contributed by atoms with E-state index in [4.69, 9.17) is 28.4 Å². The van der Waals surface area contributed by atoms with Gasteiger partial charge in [0.1, 0.15) is 12.4 Å². The summed E-state index contributed by atoms with van der Waals surface area (Å²) in [6.07, 6.45) is 4.40. The summed E-state index contributed by atoms with van der Waals surface area (Å²) in [5, 5.41) is 3.13. The van der Waals surface area contributed by atoms with Crippen LogP contribution in [0.2, 0.25) is 0 Å². The first-order valence-electron chi connectivity index (χ1n) is 12.5. The molecule has 10 nitrogen and oxygen atoms in total. The van der Waals surface area contributed by atoms with Gasteiger partial charge in [-0.1, -0.05) is 0 Å². The van der Waals surface area contributed by atoms with E-state index in [0.717, 1.165) is 43.4 Å². The molecular formula is C27H30F2N4O6. The highest BCUT2D eigenvalue weighted by molar-refractivity contribution is 5.67. The second-order valence-corrected chi connectivity index (χ2v) is 9.02. The number of methoxy groups -OCH3 is 3. The molecule has 0 bridgehead atoms. The molecule has 1 aromatic heterocycles. The van der Waals surface area contributed by atoms with Gasteiger partial charge in [-0.05, 0) is 12.1 Å². The van der Waals surface area contributed by atoms with Gasteiger partial charge in [0, 0.05) is 43.8 Å². The molecule has 3 heterocycles. The number of hydrogen-bond donors (Lipinski definition) is 1. The zero-order chi connectivity index (χ0) is 27.4. The van der Waals surface area contributed by atoms with Crippen LogP contribution in [0.5, 0.6) is 23.0 Å². The lowest BCUT2D eigenvalue weighted by Crippen LogP contribution is -2.45. The van der Waals surface area contributed by atoms with Crippen molar-refractivity contribution < 1.29 is 37.2 Å². The molecule has 0 radical (unpaired) electrons. The number of hydrogen-bond acceptors (Lipinski definition) is 10. The van der Waals surface area contributed by atoms with E-state index < -0.39 is 24.0 Å². The second kappa shape index (κ2) is 11.5. The molecule has 2 saturated heterocycles. The highest BCUT2D eigenvalue weighted by Crippen LogP contribution is 2.38. The molecule has 2 fully saturated rings. The van der Waals surface area contributed by atoms with E-state index in [9.17, 15) is 8.78 Å². The van der Waals surface area contributed by atoms with Crippen LogP contribution in [0.4, 0.5) is 26.1 Å². The summed E-state index contributed by atoms with van der Waals surface area (Å²) >= 11 is 0. The lowest BCUT2D eigenvalue weighted by molar-refractivity contribution is -0.169. The predicted octanol–water partition coefficient (Wildman–Crippen LogP) is 4.45. The summed E-state index contributed by atoms with van der Waals surface area (Å²) < 4.78 is 61.9. The van der Waals surface area contributed by atoms with Crippen molar-refractivity contribution in [2.45, 2.75) is 25.2 Å². The molecule has 5 rings (SSSR count). The van der Waals surface area contributed by atoms with Crippen molar-refractivity contribution in [1.82, 2.24) is 9.97 Å². The van der Waals surface area contributed by atoms with Gasteiger partial charge in [0.05, 0.1) is 58.2 Å². The molecule has 0 unspecified atom stereocenters. The normalized spacial score (nSPS) is 16.3. The topological polar surface area (TPSA) is 96.4 Å². The molecule has 1 spiro atoms. The molecule has 1 N–H and O–H groups in total. The maximum Gasteiger partial charge on any atom is 0.227 e. The largest absolute Gasteiger partial charge is 0.495 e. The Labute approximate surface area is 224 Å². The van der Waals surface area contributed by atoms with Gasteiger partial charge in [-0.15, -0.1) is 0 Å². The molecule has 12 heteroatoms. The fourth-order valence-corrected chi connectivity index (χ4v) is 4.69. The first-order valence-corrected chi connectivity index (χ1v) is 12.5. The minimum Gasteiger partial charge on any atom is -0.495 e. The Hall–Kier alpha value is -3.90. The standard InChI is InChI=1S/C27H30F2N4O6/c1-34-21-12-17(4-5-20(21)33-8-6-27(7-9-33)38-10-11-39-27)32-26-30-14-18(15-31-26)37-16-19-24(28)22(35-2)13-23(36-3)25(19)29/h4-5,12-15H,6-11,16H2,1-3H3,(H,30,31,32). The van der Waals surface area contributed by atoms with E-state index in [2.05, 4.69) is 20.2 Å². The second-order valence-electron chi connectivity index (χ2n) is 9.02. The van der Waals surface area contributed by atoms with Crippen molar-refractivity contribution in [1.29, 1.82) is 0 Å². The van der Waals surface area contributed by atoms with Crippen LogP contribution in [0.15, 0.2) is 36.7 Å². The van der Waals surface area contributed by atoms with Gasteiger partial charge < -0.3 is 38.6 Å². The van der Waals surface area contributed by atoms with E-state index in [0.29, 0.717) is 24.9 Å². The SMILES string of the molecule is COc1cc(Nc2ncc(OCc3c(F)c(OC)cc(OC)c3F)cn2)ccc1N1CCC2(CC1)OCCO2. The van der Waals surface area contributed by atoms with Crippen molar-refractivity contribution in [2.24, 2.45) is 0 Å². The molecule has 2 aromatic carbocycles. The van der Waals surface area contributed by atoms with Gasteiger partial charge in [-0.25, -0.2) is 18.7 Å². The quantitative estimate of drug-likeness (QED) is 0.416. The van der Waals surface area contributed by atoms with Crippen molar-refractivity contribution in [3.63, 3.8) is 0 Å². The Balaban J connectivity index is 1.22. The van der Waals surface area contributed by atoms with Crippen molar-refractivity contribution in [3.8, 4) is 23.0 Å². The van der Waals surface area contributed by atoms with Gasteiger partial charge in [-0.3, -0.25) is 0 Å². The zero-order valence-electron chi connectivity index (χ0n) is 22.0. The Morgan fingerprint density at radius 2 is 1.51 bits per heavy atom. The molecule has 0 aliphatic carbocycles. The van der Waals surface area contributed by atoms with Crippen LogP contribution in [0.25, 0.3) is 0 Å². The van der Waals surface area contributed by atoms with Crippen molar-refractivity contribution in [3.05, 3.63) is 53.9 Å². The van der Waals surface area contributed by atoms with Crippen LogP contribution in [-0.2, 0) is 16.1 Å². The number of benzene rings is 2. The lowest BCUT2D eigenvalue weighted by Gasteiger charge is -2.39. The van der Waals surface area contributed by atoms with E-state index in [1.54, 1.807) is 7.11 Å². The van der Waals surface area contributed by atoms with Crippen LogP contribution in [0.3, 0.4) is 0 Å². The Kier molecular flexibility index (Phi) is 7.84. The zero-order valence-corrected chi connectivity index (χ0v) is 22.0. The number of rotatable bonds is 9. The van der Waals surface area contributed by atoms with Crippen LogP contribution < -0.4 is 29.2 Å². The van der Waals surface area contributed by atoms with Gasteiger partial charge >= 0.3 is 0 Å². The monoisotopic (exact) mass is 544 g/mol. The van der Waals surface area contributed by atoms with Crippen LogP contribution in [0, 0.1) is 11.6 Å². The molecule has 0 amide bonds. The summed E-state index contributed by atoms with van der Waals surface area (Å²) in [6, 6.07) is 6.91. The van der Waals surface area contributed by atoms with E-state index >= 15 is 0 Å². The molecule has 0 atom stereocenters. The number of nitrogens with zero attached hydrogens (tertiary/aromatic N) is 3. The molecule has 3 aromatic rings. The Morgan fingerprint density at radius 3 is 2.10 bits per heavy atom. The summed E-state index contributed by atoms with van der Waals surface area (Å²) in [4.78, 5) is 10.7. The lowest BCUT2D eigenvalue weighted by atomic mass is 10.0. The number of aromatic nitrogens is 2. The average Bonchev–Trinajstić information content (AvgIpc) is 3.42. The first-order chi connectivity index (χ1) is 18.9. The third-order valence-electron chi connectivity index (χ3n) is 6.79. The molecule has 208 valence electrons. The molecule has 2 aliphatic heterocycles. The summed E-state index contributed by atoms with van der Waals surface area (Å²) in [7, 11) is 4.20. The number of nitrogens with one attached hydrogen (secondary N) is 1. The summed E-state index contributed by atoms with van der Waals surface area (Å²) in [5.41, 5.74) is 1.38. The Bertz CT molecular complexity index is 1270. The number of piperidine rings is 1. The number of halogens is 2. The average molecular weight is 545 g/mol. The highest BCUT2D eigenvalue weighted by atomic mass is 19.1. The van der Waals surface area contributed by atoms with Crippen LogP contribution >= 0.6 is 0 Å². The maximum absolute atomic E-state index is 14.6. The number of anilines is 3. The van der Waals surface area contributed by atoms with Crippen molar-refractivity contribution >= 4 is 17.3 Å². The van der Waals surface area contributed by atoms with Gasteiger partial charge in [0.15, 0.2) is 34.7 Å². The molecule has 0 saturated carbocycles. The van der Waals surface area contributed by atoms with E-state index in [-0.39, 0.29) is 22.8 Å². The van der Waals surface area contributed by atoms with Gasteiger partial charge in [0.2, 0.25) is 5.95 Å². The fraction of sp³-hybridized carbons (Fsp3) is 0.407. The number of ether oxygens (including phenoxy) is 6. The summed E-state index contributed by atoms with van der Waals surface area (Å²) in [6.45, 7) is 2.48. The van der Waals surface area contributed by atoms with Crippen LogP contribution in [-0.4, -0.2) is 63.4 Å². The minimum atomic E-state index is -0.864. The van der Waals surface area contributed by atoms with E-state index in [1.807, 2.05) is 18.2 Å². The Morgan fingerprint density at radius 1 is 0.897 bits per heavy atom. The molecule has 39 heavy (non-hydrogen) atoms. The molecule has 2 aliphatic rings. The third-order valence-corrected chi connectivity index (χ3v) is 6.79. The smallest absolute Gasteiger partial charge is 0.227 e. The van der Waals surface area contributed by atoms with E-state index in [1.165, 1.54) is 26.6 Å². The van der Waals surface area contributed by atoms with Gasteiger partial charge in [-0.2, -0.15) is 0 Å². The fourth-order valence-electron chi connectivity index (χ4n) is 4.69. The van der Waals surface area contributed by atoms with Crippen molar-refractivity contribution in [2.75, 3.05) is 57.8 Å². The predicted molar refractivity (Wildman–Crippen MR) is 138 cm³/mol. The third kappa shape index (κ3) is 5.62. The highest BCUT2D eigenvalue weighted by Gasteiger charge is 2.40. The van der Waals surface area contributed by atoms with Gasteiger partial charge in [0.25, 0.3) is 0 Å². The van der Waals surface area contributed by atoms with Crippen LogP contribution in [0.1, 0.15) is 18.4 Å². The first kappa shape index (κ1) is 26.7. The maximum atomic E-state index is 14.6.